The zero-order valence-corrected chi connectivity index (χ0v) is 16.6. The maximum atomic E-state index is 12.7. The molecule has 3 aliphatic rings. The standard InChI is InChI=1S/C22H27N3O4/c26-20(13-17-16-3-1-2-4-18(16)29-24-17)23-19-14-22(19)7-9-25(10-8-22)21(27)15-5-11-28-12-6-15/h1-4,15,19H,5-14H2,(H,23,26). The highest BCUT2D eigenvalue weighted by Gasteiger charge is 2.56. The highest BCUT2D eigenvalue weighted by atomic mass is 16.5. The molecule has 1 aromatic carbocycles. The summed E-state index contributed by atoms with van der Waals surface area (Å²) < 4.78 is 10.7. The summed E-state index contributed by atoms with van der Waals surface area (Å²) in [6.45, 7) is 3.00. The molecule has 2 amide bonds. The second-order valence-corrected chi connectivity index (χ2v) is 8.70. The Bertz CT molecular complexity index is 910. The van der Waals surface area contributed by atoms with Gasteiger partial charge in [0, 0.05) is 43.6 Å². The van der Waals surface area contributed by atoms with Crippen molar-refractivity contribution >= 4 is 22.8 Å². The Balaban J connectivity index is 1.12. The average Bonchev–Trinajstić information content (AvgIpc) is 3.24. The molecule has 0 bridgehead atoms. The molecule has 3 fully saturated rings. The predicted octanol–water partition coefficient (Wildman–Crippen LogP) is 2.29. The van der Waals surface area contributed by atoms with Crippen molar-refractivity contribution in [1.82, 2.24) is 15.4 Å². The van der Waals surface area contributed by atoms with E-state index in [2.05, 4.69) is 10.5 Å². The van der Waals surface area contributed by atoms with Crippen molar-refractivity contribution in [2.24, 2.45) is 11.3 Å². The van der Waals surface area contributed by atoms with Gasteiger partial charge in [0.2, 0.25) is 11.8 Å². The van der Waals surface area contributed by atoms with Crippen molar-refractivity contribution in [3.8, 4) is 0 Å². The Labute approximate surface area is 169 Å². The van der Waals surface area contributed by atoms with Crippen LogP contribution in [0.15, 0.2) is 28.8 Å². The lowest BCUT2D eigenvalue weighted by Crippen LogP contribution is -2.45. The second kappa shape index (κ2) is 7.44. The van der Waals surface area contributed by atoms with Crippen LogP contribution in [0.3, 0.4) is 0 Å². The van der Waals surface area contributed by atoms with Crippen molar-refractivity contribution in [3.05, 3.63) is 30.0 Å². The zero-order valence-electron chi connectivity index (χ0n) is 16.6. The number of ether oxygens (including phenoxy) is 1. The number of nitrogens with zero attached hydrogens (tertiary/aromatic N) is 2. The van der Waals surface area contributed by atoms with Crippen LogP contribution in [0.4, 0.5) is 0 Å². The highest BCUT2D eigenvalue weighted by molar-refractivity contribution is 5.86. The Morgan fingerprint density at radius 1 is 1.17 bits per heavy atom. The van der Waals surface area contributed by atoms with Gasteiger partial charge in [-0.3, -0.25) is 9.59 Å². The molecule has 2 aromatic rings. The molecule has 1 aromatic heterocycles. The molecule has 29 heavy (non-hydrogen) atoms. The van der Waals surface area contributed by atoms with Gasteiger partial charge in [-0.1, -0.05) is 17.3 Å². The first-order valence-electron chi connectivity index (χ1n) is 10.6. The van der Waals surface area contributed by atoms with Gasteiger partial charge in [-0.25, -0.2) is 0 Å². The molecular formula is C22H27N3O4. The molecule has 1 atom stereocenters. The van der Waals surface area contributed by atoms with Gasteiger partial charge >= 0.3 is 0 Å². The van der Waals surface area contributed by atoms with Crippen molar-refractivity contribution < 1.29 is 18.8 Å². The van der Waals surface area contributed by atoms with Gasteiger partial charge in [-0.2, -0.15) is 0 Å². The molecule has 2 aliphatic heterocycles. The summed E-state index contributed by atoms with van der Waals surface area (Å²) in [7, 11) is 0. The van der Waals surface area contributed by atoms with E-state index in [4.69, 9.17) is 9.26 Å². The largest absolute Gasteiger partial charge is 0.381 e. The van der Waals surface area contributed by atoms with Crippen LogP contribution in [0.1, 0.15) is 37.8 Å². The molecule has 1 saturated carbocycles. The third kappa shape index (κ3) is 3.64. The van der Waals surface area contributed by atoms with Crippen LogP contribution in [-0.4, -0.2) is 54.2 Å². The minimum atomic E-state index is -0.00774. The maximum Gasteiger partial charge on any atom is 0.226 e. The fraction of sp³-hybridized carbons (Fsp3) is 0.591. The molecule has 5 rings (SSSR count). The van der Waals surface area contributed by atoms with Gasteiger partial charge in [0.15, 0.2) is 5.58 Å². The number of likely N-dealkylation sites (tertiary alicyclic amines) is 1. The first-order chi connectivity index (χ1) is 14.1. The number of hydrogen-bond acceptors (Lipinski definition) is 5. The summed E-state index contributed by atoms with van der Waals surface area (Å²) in [4.78, 5) is 27.3. The number of piperidine rings is 1. The minimum absolute atomic E-state index is 0.00774. The summed E-state index contributed by atoms with van der Waals surface area (Å²) in [5.41, 5.74) is 1.57. The van der Waals surface area contributed by atoms with Crippen molar-refractivity contribution in [3.63, 3.8) is 0 Å². The summed E-state index contributed by atoms with van der Waals surface area (Å²) in [5, 5.41) is 8.13. The summed E-state index contributed by atoms with van der Waals surface area (Å²) >= 11 is 0. The molecule has 7 nitrogen and oxygen atoms in total. The van der Waals surface area contributed by atoms with Crippen molar-refractivity contribution in [1.29, 1.82) is 0 Å². The van der Waals surface area contributed by atoms with Crippen LogP contribution in [0.5, 0.6) is 0 Å². The maximum absolute atomic E-state index is 12.7. The molecule has 0 radical (unpaired) electrons. The number of hydrogen-bond donors (Lipinski definition) is 1. The van der Waals surface area contributed by atoms with Gasteiger partial charge < -0.3 is 19.5 Å². The molecule has 3 heterocycles. The van der Waals surface area contributed by atoms with E-state index in [9.17, 15) is 9.59 Å². The zero-order chi connectivity index (χ0) is 19.8. The van der Waals surface area contributed by atoms with E-state index in [1.807, 2.05) is 29.2 Å². The fourth-order valence-corrected chi connectivity index (χ4v) is 4.94. The number of para-hydroxylation sites is 1. The van der Waals surface area contributed by atoms with Gasteiger partial charge in [0.05, 0.1) is 6.42 Å². The number of fused-ring (bicyclic) bond motifs is 1. The molecular weight excluding hydrogens is 370 g/mol. The van der Waals surface area contributed by atoms with Gasteiger partial charge in [0.1, 0.15) is 5.69 Å². The smallest absolute Gasteiger partial charge is 0.226 e. The number of benzene rings is 1. The summed E-state index contributed by atoms with van der Waals surface area (Å²) in [6.07, 6.45) is 4.88. The van der Waals surface area contributed by atoms with Crippen molar-refractivity contribution in [2.45, 2.75) is 44.6 Å². The molecule has 2 saturated heterocycles. The van der Waals surface area contributed by atoms with E-state index in [0.717, 1.165) is 50.6 Å². The SMILES string of the molecule is O=C(Cc1noc2ccccc12)NC1CC12CCN(C(=O)C1CCOCC1)CC2. The van der Waals surface area contributed by atoms with Crippen LogP contribution in [0.25, 0.3) is 11.0 Å². The number of carbonyl (C=O) groups excluding carboxylic acids is 2. The van der Waals surface area contributed by atoms with E-state index in [1.54, 1.807) is 0 Å². The Hall–Kier alpha value is -2.41. The predicted molar refractivity (Wildman–Crippen MR) is 106 cm³/mol. The molecule has 7 heteroatoms. The Kier molecular flexibility index (Phi) is 4.78. The molecule has 1 N–H and O–H groups in total. The number of nitrogens with one attached hydrogen (secondary N) is 1. The quantitative estimate of drug-likeness (QED) is 0.856. The Morgan fingerprint density at radius 2 is 1.93 bits per heavy atom. The number of aromatic nitrogens is 1. The van der Waals surface area contributed by atoms with Gasteiger partial charge in [0.25, 0.3) is 0 Å². The third-order valence-electron chi connectivity index (χ3n) is 6.95. The van der Waals surface area contributed by atoms with E-state index in [0.29, 0.717) is 30.4 Å². The first-order valence-corrected chi connectivity index (χ1v) is 10.6. The van der Waals surface area contributed by atoms with Gasteiger partial charge in [-0.05, 0) is 49.7 Å². The Morgan fingerprint density at radius 3 is 2.72 bits per heavy atom. The topological polar surface area (TPSA) is 84.7 Å². The van der Waals surface area contributed by atoms with E-state index >= 15 is 0 Å². The lowest BCUT2D eigenvalue weighted by Gasteiger charge is -2.36. The minimum Gasteiger partial charge on any atom is -0.381 e. The van der Waals surface area contributed by atoms with Gasteiger partial charge in [-0.15, -0.1) is 0 Å². The average molecular weight is 397 g/mol. The van der Waals surface area contributed by atoms with Crippen LogP contribution in [0, 0.1) is 11.3 Å². The van der Waals surface area contributed by atoms with Crippen LogP contribution >= 0.6 is 0 Å². The summed E-state index contributed by atoms with van der Waals surface area (Å²) in [6, 6.07) is 7.82. The van der Waals surface area contributed by atoms with Crippen LogP contribution in [0.2, 0.25) is 0 Å². The van der Waals surface area contributed by atoms with Crippen LogP contribution in [-0.2, 0) is 20.7 Å². The third-order valence-corrected chi connectivity index (χ3v) is 6.95. The molecule has 1 aliphatic carbocycles. The van der Waals surface area contributed by atoms with E-state index in [-0.39, 0.29) is 29.7 Å². The highest BCUT2D eigenvalue weighted by Crippen LogP contribution is 2.54. The van der Waals surface area contributed by atoms with Crippen molar-refractivity contribution in [2.75, 3.05) is 26.3 Å². The molecule has 1 spiro atoms. The first kappa shape index (κ1) is 18.6. The lowest BCUT2D eigenvalue weighted by molar-refractivity contribution is -0.140. The molecule has 1 unspecified atom stereocenters. The van der Waals surface area contributed by atoms with E-state index < -0.39 is 0 Å². The number of carbonyl (C=O) groups is 2. The van der Waals surface area contributed by atoms with Crippen LogP contribution < -0.4 is 5.32 Å². The fourth-order valence-electron chi connectivity index (χ4n) is 4.94. The summed E-state index contributed by atoms with van der Waals surface area (Å²) in [5.74, 6) is 0.415. The monoisotopic (exact) mass is 397 g/mol. The lowest BCUT2D eigenvalue weighted by atomic mass is 9.90. The second-order valence-electron chi connectivity index (χ2n) is 8.70. The number of rotatable bonds is 4. The van der Waals surface area contributed by atoms with E-state index in [1.165, 1.54) is 0 Å². The number of amides is 2. The normalized spacial score (nSPS) is 24.0. The molecule has 154 valence electrons.